The third-order valence-electron chi connectivity index (χ3n) is 6.43. The van der Waals surface area contributed by atoms with E-state index in [0.29, 0.717) is 24.4 Å². The number of aromatic nitrogens is 1. The van der Waals surface area contributed by atoms with E-state index in [1.165, 1.54) is 32.1 Å². The van der Waals surface area contributed by atoms with E-state index in [2.05, 4.69) is 10.3 Å². The van der Waals surface area contributed by atoms with Gasteiger partial charge in [0.15, 0.2) is 0 Å². The Labute approximate surface area is 155 Å². The number of nitrogens with one attached hydrogen (secondary N) is 2. The molecule has 140 valence electrons. The highest BCUT2D eigenvalue weighted by Crippen LogP contribution is 2.40. The first-order valence-corrected chi connectivity index (χ1v) is 9.91. The van der Waals surface area contributed by atoms with E-state index in [0.717, 1.165) is 35.9 Å². The van der Waals surface area contributed by atoms with Gasteiger partial charge >= 0.3 is 0 Å². The number of pyridine rings is 1. The molecule has 2 aliphatic rings. The zero-order valence-electron chi connectivity index (χ0n) is 15.9. The maximum atomic E-state index is 12.4. The molecule has 0 spiro atoms. The van der Waals surface area contributed by atoms with Crippen molar-refractivity contribution in [2.45, 2.75) is 77.7 Å². The highest BCUT2D eigenvalue weighted by atomic mass is 16.1. The van der Waals surface area contributed by atoms with Crippen LogP contribution in [0.25, 0.3) is 0 Å². The standard InChI is InChI=1S/C21H29N3O2/c1-13-18(14(2)23-21(26)19(13)12-22)9-10-20(25)24-17-8-7-15-5-3-4-6-16(15)11-17/h15-17H,3-11H2,1-2H3,(H,23,26)(H,24,25)/t15-,16+,17+/m0/s1. The van der Waals surface area contributed by atoms with Crippen molar-refractivity contribution in [1.82, 2.24) is 10.3 Å². The van der Waals surface area contributed by atoms with Crippen LogP contribution in [0.1, 0.15) is 73.8 Å². The smallest absolute Gasteiger partial charge is 0.266 e. The molecule has 26 heavy (non-hydrogen) atoms. The number of fused-ring (bicyclic) bond motifs is 1. The zero-order valence-corrected chi connectivity index (χ0v) is 15.9. The van der Waals surface area contributed by atoms with Crippen LogP contribution in [0.4, 0.5) is 0 Å². The van der Waals surface area contributed by atoms with Crippen molar-refractivity contribution >= 4 is 5.91 Å². The van der Waals surface area contributed by atoms with E-state index < -0.39 is 0 Å². The van der Waals surface area contributed by atoms with Crippen molar-refractivity contribution in [2.24, 2.45) is 11.8 Å². The number of amides is 1. The van der Waals surface area contributed by atoms with E-state index >= 15 is 0 Å². The fraction of sp³-hybridized carbons (Fsp3) is 0.667. The van der Waals surface area contributed by atoms with Crippen LogP contribution in [0.15, 0.2) is 4.79 Å². The molecule has 2 N–H and O–H groups in total. The van der Waals surface area contributed by atoms with Gasteiger partial charge in [-0.25, -0.2) is 0 Å². The molecular weight excluding hydrogens is 326 g/mol. The predicted octanol–water partition coefficient (Wildman–Crippen LogP) is 3.27. The lowest BCUT2D eigenvalue weighted by Gasteiger charge is -2.39. The van der Waals surface area contributed by atoms with Crippen LogP contribution in [0, 0.1) is 37.0 Å². The van der Waals surface area contributed by atoms with E-state index in [1.54, 1.807) is 6.92 Å². The summed E-state index contributed by atoms with van der Waals surface area (Å²) in [5.74, 6) is 1.75. The summed E-state index contributed by atoms with van der Waals surface area (Å²) < 4.78 is 0. The van der Waals surface area contributed by atoms with Crippen LogP contribution in [0.2, 0.25) is 0 Å². The molecule has 1 aromatic heterocycles. The first-order chi connectivity index (χ1) is 12.5. The number of carbonyl (C=O) groups is 1. The van der Waals surface area contributed by atoms with Gasteiger partial charge < -0.3 is 10.3 Å². The van der Waals surface area contributed by atoms with Gasteiger partial charge in [0, 0.05) is 18.2 Å². The Hall–Kier alpha value is -2.09. The van der Waals surface area contributed by atoms with Crippen molar-refractivity contribution < 1.29 is 4.79 Å². The highest BCUT2D eigenvalue weighted by molar-refractivity contribution is 5.76. The number of hydrogen-bond donors (Lipinski definition) is 2. The van der Waals surface area contributed by atoms with Crippen molar-refractivity contribution in [3.8, 4) is 6.07 Å². The fourth-order valence-corrected chi connectivity index (χ4v) is 4.96. The molecule has 0 aliphatic heterocycles. The molecule has 3 atom stereocenters. The average molecular weight is 355 g/mol. The molecule has 0 aromatic carbocycles. The van der Waals surface area contributed by atoms with Crippen molar-refractivity contribution in [1.29, 1.82) is 5.26 Å². The summed E-state index contributed by atoms with van der Waals surface area (Å²) in [6, 6.07) is 2.28. The van der Waals surface area contributed by atoms with Crippen LogP contribution >= 0.6 is 0 Å². The van der Waals surface area contributed by atoms with Gasteiger partial charge in [-0.1, -0.05) is 25.7 Å². The van der Waals surface area contributed by atoms with Crippen LogP contribution in [-0.4, -0.2) is 16.9 Å². The maximum Gasteiger partial charge on any atom is 0.266 e. The minimum atomic E-state index is -0.347. The molecule has 0 saturated heterocycles. The number of aryl methyl sites for hydroxylation is 1. The first kappa shape index (κ1) is 18.7. The van der Waals surface area contributed by atoms with Crippen molar-refractivity contribution in [2.75, 3.05) is 0 Å². The summed E-state index contributed by atoms with van der Waals surface area (Å²) in [5.41, 5.74) is 2.17. The van der Waals surface area contributed by atoms with E-state index in [4.69, 9.17) is 5.26 Å². The van der Waals surface area contributed by atoms with Crippen LogP contribution in [0.5, 0.6) is 0 Å². The lowest BCUT2D eigenvalue weighted by molar-refractivity contribution is -0.122. The van der Waals surface area contributed by atoms with E-state index in [1.807, 2.05) is 13.0 Å². The Bertz CT molecular complexity index is 775. The second-order valence-electron chi connectivity index (χ2n) is 8.05. The fourth-order valence-electron chi connectivity index (χ4n) is 4.96. The Morgan fingerprint density at radius 2 is 1.92 bits per heavy atom. The second-order valence-corrected chi connectivity index (χ2v) is 8.05. The monoisotopic (exact) mass is 355 g/mol. The topological polar surface area (TPSA) is 85.8 Å². The molecule has 2 aliphatic carbocycles. The molecule has 0 radical (unpaired) electrons. The number of hydrogen-bond acceptors (Lipinski definition) is 3. The first-order valence-electron chi connectivity index (χ1n) is 9.91. The van der Waals surface area contributed by atoms with Crippen molar-refractivity contribution in [3.05, 3.63) is 32.7 Å². The summed E-state index contributed by atoms with van der Waals surface area (Å²) in [6.45, 7) is 3.62. The summed E-state index contributed by atoms with van der Waals surface area (Å²) in [4.78, 5) is 27.0. The maximum absolute atomic E-state index is 12.4. The summed E-state index contributed by atoms with van der Waals surface area (Å²) in [7, 11) is 0. The number of nitriles is 1. The van der Waals surface area contributed by atoms with Crippen LogP contribution in [0.3, 0.4) is 0 Å². The van der Waals surface area contributed by atoms with Gasteiger partial charge in [-0.05, 0) is 62.5 Å². The molecule has 1 heterocycles. The number of carbonyl (C=O) groups excluding carboxylic acids is 1. The third kappa shape index (κ3) is 4.00. The Balaban J connectivity index is 1.57. The Kier molecular flexibility index (Phi) is 5.80. The molecule has 2 saturated carbocycles. The molecule has 0 unspecified atom stereocenters. The minimum Gasteiger partial charge on any atom is -0.353 e. The lowest BCUT2D eigenvalue weighted by Crippen LogP contribution is -2.41. The van der Waals surface area contributed by atoms with Crippen LogP contribution in [-0.2, 0) is 11.2 Å². The molecular formula is C21H29N3O2. The van der Waals surface area contributed by atoms with Crippen LogP contribution < -0.4 is 10.9 Å². The predicted molar refractivity (Wildman–Crippen MR) is 101 cm³/mol. The molecule has 5 nitrogen and oxygen atoms in total. The van der Waals surface area contributed by atoms with Gasteiger partial charge in [0.1, 0.15) is 11.6 Å². The van der Waals surface area contributed by atoms with Gasteiger partial charge in [-0.3, -0.25) is 9.59 Å². The largest absolute Gasteiger partial charge is 0.353 e. The summed E-state index contributed by atoms with van der Waals surface area (Å²) >= 11 is 0. The molecule has 2 fully saturated rings. The SMILES string of the molecule is Cc1[nH]c(=O)c(C#N)c(C)c1CCC(=O)N[C@@H]1CC[C@@H]2CCCC[C@@H]2C1. The summed E-state index contributed by atoms with van der Waals surface area (Å²) in [6.07, 6.45) is 9.83. The number of aromatic amines is 1. The Morgan fingerprint density at radius 1 is 1.19 bits per heavy atom. The summed E-state index contributed by atoms with van der Waals surface area (Å²) in [5, 5.41) is 12.4. The van der Waals surface area contributed by atoms with E-state index in [-0.39, 0.29) is 17.0 Å². The third-order valence-corrected chi connectivity index (χ3v) is 6.43. The van der Waals surface area contributed by atoms with Gasteiger partial charge in [0.2, 0.25) is 5.91 Å². The quantitative estimate of drug-likeness (QED) is 0.869. The average Bonchev–Trinajstić information content (AvgIpc) is 2.61. The van der Waals surface area contributed by atoms with Crippen molar-refractivity contribution in [3.63, 3.8) is 0 Å². The number of rotatable bonds is 4. The lowest BCUT2D eigenvalue weighted by atomic mass is 9.69. The number of H-pyrrole nitrogens is 1. The van der Waals surface area contributed by atoms with Gasteiger partial charge in [-0.2, -0.15) is 5.26 Å². The zero-order chi connectivity index (χ0) is 18.7. The van der Waals surface area contributed by atoms with Gasteiger partial charge in [-0.15, -0.1) is 0 Å². The molecule has 1 amide bonds. The van der Waals surface area contributed by atoms with Gasteiger partial charge in [0.25, 0.3) is 5.56 Å². The molecule has 1 aromatic rings. The Morgan fingerprint density at radius 3 is 2.65 bits per heavy atom. The second kappa shape index (κ2) is 8.07. The number of nitrogens with zero attached hydrogens (tertiary/aromatic N) is 1. The molecule has 0 bridgehead atoms. The van der Waals surface area contributed by atoms with E-state index in [9.17, 15) is 9.59 Å². The minimum absolute atomic E-state index is 0.0766. The molecule has 5 heteroatoms. The molecule has 3 rings (SSSR count). The normalized spacial score (nSPS) is 25.2. The highest BCUT2D eigenvalue weighted by Gasteiger charge is 2.32. The van der Waals surface area contributed by atoms with Gasteiger partial charge in [0.05, 0.1) is 0 Å².